The van der Waals surface area contributed by atoms with Crippen LogP contribution in [0.3, 0.4) is 0 Å². The third-order valence-electron chi connectivity index (χ3n) is 9.99. The Hall–Kier alpha value is -5.39. The molecule has 5 aromatic rings. The van der Waals surface area contributed by atoms with Gasteiger partial charge >= 0.3 is 0 Å². The Bertz CT molecular complexity index is 2150. The van der Waals surface area contributed by atoms with Crippen LogP contribution < -0.4 is 20.4 Å². The van der Waals surface area contributed by atoms with Crippen LogP contribution in [0.25, 0.3) is 10.4 Å². The van der Waals surface area contributed by atoms with E-state index in [0.717, 1.165) is 66.4 Å². The van der Waals surface area contributed by atoms with Crippen LogP contribution in [0, 0.1) is 18.2 Å². The van der Waals surface area contributed by atoms with Gasteiger partial charge in [0.2, 0.25) is 0 Å². The van der Waals surface area contributed by atoms with E-state index in [1.807, 2.05) is 43.3 Å². The minimum atomic E-state index is -0.498. The van der Waals surface area contributed by atoms with E-state index in [1.165, 1.54) is 23.5 Å². The van der Waals surface area contributed by atoms with Crippen LogP contribution in [0.2, 0.25) is 0 Å². The zero-order chi connectivity index (χ0) is 35.1. The molecule has 0 radical (unpaired) electrons. The lowest BCUT2D eigenvalue weighted by Crippen LogP contribution is -2.59. The maximum atomic E-state index is 14.2. The first-order chi connectivity index (χ1) is 24.8. The van der Waals surface area contributed by atoms with Crippen LogP contribution >= 0.6 is 11.3 Å². The smallest absolute Gasteiger partial charge is 0.265 e. The highest BCUT2D eigenvalue weighted by atomic mass is 32.1. The quantitative estimate of drug-likeness (QED) is 0.189. The van der Waals surface area contributed by atoms with E-state index in [0.29, 0.717) is 40.5 Å². The third-order valence-corrected chi connectivity index (χ3v) is 11.2. The molecule has 3 amide bonds. The number of rotatable bonds is 6. The topological polar surface area (TPSA) is 104 Å². The number of para-hydroxylation sites is 2. The second-order valence-electron chi connectivity index (χ2n) is 13.5. The van der Waals surface area contributed by atoms with Crippen molar-refractivity contribution in [3.8, 4) is 10.4 Å². The van der Waals surface area contributed by atoms with Gasteiger partial charge in [0.15, 0.2) is 0 Å². The Morgan fingerprint density at radius 2 is 1.65 bits per heavy atom. The predicted octanol–water partition coefficient (Wildman–Crippen LogP) is 7.58. The van der Waals surface area contributed by atoms with Gasteiger partial charge in [0.25, 0.3) is 17.7 Å². The fourth-order valence-electron chi connectivity index (χ4n) is 7.23. The van der Waals surface area contributed by atoms with Gasteiger partial charge in [0.1, 0.15) is 11.6 Å². The number of carbonyl (C=O) groups is 3. The summed E-state index contributed by atoms with van der Waals surface area (Å²) in [5.74, 6) is -0.606. The van der Waals surface area contributed by atoms with Gasteiger partial charge in [-0.2, -0.15) is 0 Å². The Balaban J connectivity index is 0.974. The molecule has 51 heavy (non-hydrogen) atoms. The maximum absolute atomic E-state index is 14.2. The van der Waals surface area contributed by atoms with Gasteiger partial charge in [-0.05, 0) is 91.9 Å². The van der Waals surface area contributed by atoms with Gasteiger partial charge < -0.3 is 25.2 Å². The van der Waals surface area contributed by atoms with Gasteiger partial charge in [0, 0.05) is 66.2 Å². The van der Waals surface area contributed by atoms with E-state index < -0.39 is 5.82 Å². The molecule has 3 aromatic carbocycles. The van der Waals surface area contributed by atoms with Crippen molar-refractivity contribution in [1.82, 2.24) is 4.98 Å². The summed E-state index contributed by atoms with van der Waals surface area (Å²) in [6, 6.07) is 24.4. The summed E-state index contributed by atoms with van der Waals surface area (Å²) >= 11 is 1.33. The van der Waals surface area contributed by atoms with Crippen LogP contribution in [0.15, 0.2) is 91.1 Å². The molecular weight excluding hydrogens is 666 g/mol. The minimum Gasteiger partial charge on any atom is -0.381 e. The van der Waals surface area contributed by atoms with Crippen molar-refractivity contribution in [1.29, 1.82) is 0 Å². The first-order valence-electron chi connectivity index (χ1n) is 17.1. The second kappa shape index (κ2) is 13.4. The molecule has 0 atom stereocenters. The zero-order valence-corrected chi connectivity index (χ0v) is 28.9. The Morgan fingerprint density at radius 1 is 0.902 bits per heavy atom. The van der Waals surface area contributed by atoms with Crippen LogP contribution in [0.1, 0.15) is 54.4 Å². The van der Waals surface area contributed by atoms with E-state index in [9.17, 15) is 18.8 Å². The van der Waals surface area contributed by atoms with Gasteiger partial charge in [-0.3, -0.25) is 14.4 Å². The van der Waals surface area contributed by atoms with Crippen LogP contribution in [-0.2, 0) is 11.2 Å². The molecule has 3 aliphatic rings. The summed E-state index contributed by atoms with van der Waals surface area (Å²) in [5.41, 5.74) is 5.40. The molecule has 11 heteroatoms. The molecule has 258 valence electrons. The standard InChI is InChI=1S/C40H36FN5O4S/c1-25-20-30(36(42-22-25)45-23-40(24-45)15-18-50-19-16-40)37(47)43-28-12-10-26(11-13-28)39(49)46-17-14-27-21-34(38(48)44-32-8-4-3-7-31(32)41)51-35(27)29-6-2-5-9-33(29)46/h2-13,20-22H,14-19,23-24H2,1H3,(H,43,47)(H,44,48). The number of carbonyl (C=O) groups excluding carboxylic acids is 3. The van der Waals surface area contributed by atoms with E-state index in [2.05, 4.69) is 20.5 Å². The summed E-state index contributed by atoms with van der Waals surface area (Å²) in [5, 5.41) is 5.68. The van der Waals surface area contributed by atoms with Crippen LogP contribution in [0.5, 0.6) is 0 Å². The number of halogens is 1. The van der Waals surface area contributed by atoms with Crippen LogP contribution in [-0.4, -0.2) is 55.6 Å². The lowest BCUT2D eigenvalue weighted by atomic mass is 9.73. The van der Waals surface area contributed by atoms with E-state index >= 15 is 0 Å². The fourth-order valence-corrected chi connectivity index (χ4v) is 8.37. The third kappa shape index (κ3) is 6.39. The van der Waals surface area contributed by atoms with Gasteiger partial charge in [-0.15, -0.1) is 11.3 Å². The molecule has 5 heterocycles. The average Bonchev–Trinajstić information content (AvgIpc) is 3.50. The van der Waals surface area contributed by atoms with Crippen molar-refractivity contribution in [3.63, 3.8) is 0 Å². The monoisotopic (exact) mass is 701 g/mol. The molecule has 1 spiro atoms. The van der Waals surface area contributed by atoms with Gasteiger partial charge in [-0.25, -0.2) is 9.37 Å². The number of pyridine rings is 1. The van der Waals surface area contributed by atoms with E-state index in [4.69, 9.17) is 4.74 Å². The first-order valence-corrected chi connectivity index (χ1v) is 17.9. The number of ether oxygens (including phenoxy) is 1. The number of thiophene rings is 1. The highest BCUT2D eigenvalue weighted by molar-refractivity contribution is 7.17. The van der Waals surface area contributed by atoms with Gasteiger partial charge in [0.05, 0.1) is 21.8 Å². The summed E-state index contributed by atoms with van der Waals surface area (Å²) in [6.07, 6.45) is 4.38. The molecule has 8 rings (SSSR count). The van der Waals surface area contributed by atoms with Crippen molar-refractivity contribution >= 4 is 51.9 Å². The largest absolute Gasteiger partial charge is 0.381 e. The Morgan fingerprint density at radius 3 is 2.43 bits per heavy atom. The summed E-state index contributed by atoms with van der Waals surface area (Å²) < 4.78 is 19.8. The number of anilines is 4. The molecule has 2 fully saturated rings. The highest BCUT2D eigenvalue weighted by Crippen LogP contribution is 2.43. The number of amides is 3. The van der Waals surface area contributed by atoms with Crippen LogP contribution in [0.4, 0.5) is 27.3 Å². The fraction of sp³-hybridized carbons (Fsp3) is 0.250. The van der Waals surface area contributed by atoms with Crippen molar-refractivity contribution in [2.75, 3.05) is 53.3 Å². The predicted molar refractivity (Wildman–Crippen MR) is 198 cm³/mol. The van der Waals surface area contributed by atoms with Crippen molar-refractivity contribution in [2.45, 2.75) is 26.2 Å². The lowest BCUT2D eigenvalue weighted by molar-refractivity contribution is -0.000511. The average molecular weight is 702 g/mol. The number of hydrogen-bond acceptors (Lipinski definition) is 7. The van der Waals surface area contributed by atoms with Crippen molar-refractivity contribution < 1.29 is 23.5 Å². The second-order valence-corrected chi connectivity index (χ2v) is 14.6. The number of hydrogen-bond donors (Lipinski definition) is 2. The molecule has 2 aromatic heterocycles. The molecule has 0 saturated carbocycles. The normalized spacial score (nSPS) is 16.0. The molecular formula is C40H36FN5O4S. The molecule has 0 bridgehead atoms. The summed E-state index contributed by atoms with van der Waals surface area (Å²) in [4.78, 5) is 50.6. The van der Waals surface area contributed by atoms with Crippen molar-refractivity contribution in [2.24, 2.45) is 5.41 Å². The summed E-state index contributed by atoms with van der Waals surface area (Å²) in [7, 11) is 0. The maximum Gasteiger partial charge on any atom is 0.265 e. The minimum absolute atomic E-state index is 0.126. The van der Waals surface area contributed by atoms with Crippen molar-refractivity contribution in [3.05, 3.63) is 124 Å². The number of fused-ring (bicyclic) bond motifs is 3. The SMILES string of the molecule is Cc1cnc(N2CC3(CCOCC3)C2)c(C(=O)Nc2ccc(C(=O)N3CCc4cc(C(=O)Nc5ccccc5F)sc4-c4ccccc43)cc2)c1. The number of aromatic nitrogens is 1. The zero-order valence-electron chi connectivity index (χ0n) is 28.1. The number of nitrogens with zero attached hydrogens (tertiary/aromatic N) is 3. The molecule has 0 unspecified atom stereocenters. The Labute approximate surface area is 299 Å². The molecule has 9 nitrogen and oxygen atoms in total. The molecule has 3 aliphatic heterocycles. The Kier molecular flexibility index (Phi) is 8.61. The number of aryl methyl sites for hydroxylation is 1. The number of benzene rings is 3. The number of nitrogens with one attached hydrogen (secondary N) is 2. The first kappa shape index (κ1) is 32.8. The van der Waals surface area contributed by atoms with E-state index in [1.54, 1.807) is 47.5 Å². The molecule has 2 N–H and O–H groups in total. The lowest BCUT2D eigenvalue weighted by Gasteiger charge is -2.53. The molecule has 2 saturated heterocycles. The summed E-state index contributed by atoms with van der Waals surface area (Å²) in [6.45, 7) is 5.61. The van der Waals surface area contributed by atoms with E-state index in [-0.39, 0.29) is 28.8 Å². The highest BCUT2D eigenvalue weighted by Gasteiger charge is 2.45. The van der Waals surface area contributed by atoms with Gasteiger partial charge in [-0.1, -0.05) is 30.3 Å². The molecule has 0 aliphatic carbocycles.